The monoisotopic (exact) mass is 486 g/mol. The summed E-state index contributed by atoms with van der Waals surface area (Å²) in [5, 5.41) is 12.9. The van der Waals surface area contributed by atoms with Crippen molar-refractivity contribution in [3.63, 3.8) is 0 Å². The van der Waals surface area contributed by atoms with Crippen LogP contribution in [0.5, 0.6) is 0 Å². The number of nitrogens with one attached hydrogen (secondary N) is 3. The number of nitriles is 1. The molecular weight excluding hydrogens is 456 g/mol. The highest BCUT2D eigenvalue weighted by Crippen LogP contribution is 2.45. The topological polar surface area (TPSA) is 145 Å². The summed E-state index contributed by atoms with van der Waals surface area (Å²) in [7, 11) is 0. The van der Waals surface area contributed by atoms with Crippen LogP contribution >= 0.6 is 11.3 Å². The molecule has 0 bridgehead atoms. The Balaban J connectivity index is 1.57. The number of rotatable bonds is 8. The molecule has 0 saturated carbocycles. The van der Waals surface area contributed by atoms with Gasteiger partial charge >= 0.3 is 11.7 Å². The summed E-state index contributed by atoms with van der Waals surface area (Å²) in [5.74, 6) is -0.638. The van der Waals surface area contributed by atoms with Crippen LogP contribution in [0, 0.1) is 29.6 Å². The summed E-state index contributed by atoms with van der Waals surface area (Å²) < 4.78 is 5.04. The Hall–Kier alpha value is -3.19. The highest BCUT2D eigenvalue weighted by Gasteiger charge is 2.34. The highest BCUT2D eigenvalue weighted by molar-refractivity contribution is 7.16. The largest absolute Gasteiger partial charge is 0.456 e. The number of aryl methyl sites for hydroxylation is 1. The fourth-order valence-corrected chi connectivity index (χ4v) is 5.58. The number of anilines is 1. The number of amides is 1. The maximum Gasteiger partial charge on any atom is 0.325 e. The van der Waals surface area contributed by atoms with Gasteiger partial charge in [0.05, 0.1) is 5.56 Å². The van der Waals surface area contributed by atoms with Gasteiger partial charge in [-0.3, -0.25) is 19.4 Å². The third-order valence-corrected chi connectivity index (χ3v) is 8.01. The fraction of sp³-hybridized carbons (Fsp3) is 0.542. The molecule has 0 aliphatic heterocycles. The maximum atomic E-state index is 12.4. The molecule has 1 aliphatic carbocycles. The van der Waals surface area contributed by atoms with Crippen LogP contribution in [0.2, 0.25) is 0 Å². The SMILES string of the molecule is CCC(C)(C)[C@@H]1CCc2c(sc(NC(=O)COC(=O)CCc3c(C)[nH]c(=O)[nH]c3=O)c2C#N)C1. The first-order valence-corrected chi connectivity index (χ1v) is 12.2. The summed E-state index contributed by atoms with van der Waals surface area (Å²) >= 11 is 1.43. The molecule has 3 N–H and O–H groups in total. The lowest BCUT2D eigenvalue weighted by Gasteiger charge is -2.36. The number of hydrogen-bond donors (Lipinski definition) is 3. The van der Waals surface area contributed by atoms with E-state index >= 15 is 0 Å². The Morgan fingerprint density at radius 2 is 2.03 bits per heavy atom. The average molecular weight is 487 g/mol. The molecule has 182 valence electrons. The molecule has 2 aromatic rings. The minimum atomic E-state index is -0.643. The number of hydrogen-bond acceptors (Lipinski definition) is 7. The molecular formula is C24H30N4O5S. The van der Waals surface area contributed by atoms with Crippen molar-refractivity contribution in [2.75, 3.05) is 11.9 Å². The van der Waals surface area contributed by atoms with E-state index in [1.54, 1.807) is 6.92 Å². The Kier molecular flexibility index (Phi) is 7.77. The van der Waals surface area contributed by atoms with Gasteiger partial charge in [-0.1, -0.05) is 27.2 Å². The zero-order valence-electron chi connectivity index (χ0n) is 19.9. The van der Waals surface area contributed by atoms with E-state index in [0.29, 0.717) is 22.2 Å². The fourth-order valence-electron chi connectivity index (χ4n) is 4.28. The number of carbonyl (C=O) groups excluding carboxylic acids is 2. The summed E-state index contributed by atoms with van der Waals surface area (Å²) in [6, 6.07) is 2.22. The van der Waals surface area contributed by atoms with Gasteiger partial charge in [-0.05, 0) is 49.5 Å². The predicted octanol–water partition coefficient (Wildman–Crippen LogP) is 2.96. The standard InChI is InChI=1S/C24H30N4O5S/c1-5-24(3,4)14-6-7-16-17(11-25)22(34-18(16)10-14)27-19(29)12-33-20(30)9-8-15-13(2)26-23(32)28-21(15)31/h14H,5-10,12H2,1-4H3,(H,27,29)(H2,26,28,31,32)/t14-/m1/s1. The molecule has 0 saturated heterocycles. The first kappa shape index (κ1) is 25.4. The predicted molar refractivity (Wildman–Crippen MR) is 129 cm³/mol. The Morgan fingerprint density at radius 3 is 2.68 bits per heavy atom. The van der Waals surface area contributed by atoms with Crippen LogP contribution in [0.25, 0.3) is 0 Å². The zero-order valence-corrected chi connectivity index (χ0v) is 20.7. The smallest absolute Gasteiger partial charge is 0.325 e. The summed E-state index contributed by atoms with van der Waals surface area (Å²) in [6.07, 6.45) is 3.76. The average Bonchev–Trinajstić information content (AvgIpc) is 3.12. The lowest BCUT2D eigenvalue weighted by molar-refractivity contribution is -0.147. The molecule has 2 heterocycles. The number of H-pyrrole nitrogens is 2. The molecule has 1 atom stereocenters. The molecule has 2 aromatic heterocycles. The Morgan fingerprint density at radius 1 is 1.29 bits per heavy atom. The van der Waals surface area contributed by atoms with Crippen molar-refractivity contribution in [3.8, 4) is 6.07 Å². The number of ether oxygens (including phenoxy) is 1. The number of thiophene rings is 1. The van der Waals surface area contributed by atoms with E-state index in [2.05, 4.69) is 42.1 Å². The van der Waals surface area contributed by atoms with Gasteiger partial charge in [-0.15, -0.1) is 11.3 Å². The van der Waals surface area contributed by atoms with Crippen molar-refractivity contribution >= 4 is 28.2 Å². The number of fused-ring (bicyclic) bond motifs is 1. The second kappa shape index (κ2) is 10.4. The Bertz CT molecular complexity index is 1250. The second-order valence-electron chi connectivity index (χ2n) is 9.32. The van der Waals surface area contributed by atoms with Crippen LogP contribution in [-0.2, 0) is 33.6 Å². The summed E-state index contributed by atoms with van der Waals surface area (Å²) in [6.45, 7) is 7.82. The first-order chi connectivity index (χ1) is 16.1. The van der Waals surface area contributed by atoms with Gasteiger partial charge in [0.1, 0.15) is 11.1 Å². The minimum absolute atomic E-state index is 0.0733. The van der Waals surface area contributed by atoms with Crippen molar-refractivity contribution in [1.82, 2.24) is 9.97 Å². The molecule has 0 unspecified atom stereocenters. The number of carbonyl (C=O) groups is 2. The van der Waals surface area contributed by atoms with Gasteiger partial charge < -0.3 is 15.0 Å². The molecule has 34 heavy (non-hydrogen) atoms. The first-order valence-electron chi connectivity index (χ1n) is 11.4. The highest BCUT2D eigenvalue weighted by atomic mass is 32.1. The number of aromatic amines is 2. The van der Waals surface area contributed by atoms with E-state index in [-0.39, 0.29) is 23.8 Å². The maximum absolute atomic E-state index is 12.4. The van der Waals surface area contributed by atoms with Crippen molar-refractivity contribution in [1.29, 1.82) is 5.26 Å². The molecule has 0 radical (unpaired) electrons. The lowest BCUT2D eigenvalue weighted by atomic mass is 9.69. The van der Waals surface area contributed by atoms with Crippen LogP contribution in [-0.4, -0.2) is 28.5 Å². The molecule has 1 amide bonds. The molecule has 9 nitrogen and oxygen atoms in total. The van der Waals surface area contributed by atoms with E-state index in [0.717, 1.165) is 36.1 Å². The van der Waals surface area contributed by atoms with E-state index in [1.807, 2.05) is 0 Å². The van der Waals surface area contributed by atoms with E-state index in [1.165, 1.54) is 11.3 Å². The van der Waals surface area contributed by atoms with E-state index in [4.69, 9.17) is 4.74 Å². The van der Waals surface area contributed by atoms with Gasteiger partial charge in [0.15, 0.2) is 6.61 Å². The van der Waals surface area contributed by atoms with Gasteiger partial charge in [0, 0.05) is 22.6 Å². The number of aromatic nitrogens is 2. The van der Waals surface area contributed by atoms with Crippen LogP contribution in [0.15, 0.2) is 9.59 Å². The molecule has 10 heteroatoms. The molecule has 3 rings (SSSR count). The van der Waals surface area contributed by atoms with Gasteiger partial charge in [0.2, 0.25) is 0 Å². The van der Waals surface area contributed by atoms with E-state index in [9.17, 15) is 24.4 Å². The van der Waals surface area contributed by atoms with Crippen molar-refractivity contribution in [3.05, 3.63) is 48.1 Å². The normalized spacial score (nSPS) is 15.3. The van der Waals surface area contributed by atoms with Gasteiger partial charge in [-0.25, -0.2) is 4.79 Å². The summed E-state index contributed by atoms with van der Waals surface area (Å²) in [5.41, 5.74) is 1.24. The van der Waals surface area contributed by atoms with Crippen molar-refractivity contribution in [2.24, 2.45) is 11.3 Å². The molecule has 0 spiro atoms. The minimum Gasteiger partial charge on any atom is -0.456 e. The zero-order chi connectivity index (χ0) is 25.0. The summed E-state index contributed by atoms with van der Waals surface area (Å²) in [4.78, 5) is 53.3. The lowest BCUT2D eigenvalue weighted by Crippen LogP contribution is -2.28. The van der Waals surface area contributed by atoms with Crippen LogP contribution < -0.4 is 16.6 Å². The van der Waals surface area contributed by atoms with Crippen LogP contribution in [0.1, 0.15) is 67.3 Å². The molecule has 1 aliphatic rings. The van der Waals surface area contributed by atoms with Crippen LogP contribution in [0.3, 0.4) is 0 Å². The third kappa shape index (κ3) is 5.65. The third-order valence-electron chi connectivity index (χ3n) is 6.84. The van der Waals surface area contributed by atoms with Crippen molar-refractivity contribution < 1.29 is 14.3 Å². The number of nitrogens with zero attached hydrogens (tertiary/aromatic N) is 1. The second-order valence-corrected chi connectivity index (χ2v) is 10.4. The van der Waals surface area contributed by atoms with Gasteiger partial charge in [-0.2, -0.15) is 5.26 Å². The molecule has 0 fully saturated rings. The van der Waals surface area contributed by atoms with Crippen LogP contribution in [0.4, 0.5) is 5.00 Å². The Labute approximate surface area is 201 Å². The van der Waals surface area contributed by atoms with E-state index < -0.39 is 29.7 Å². The molecule has 0 aromatic carbocycles. The van der Waals surface area contributed by atoms with Gasteiger partial charge in [0.25, 0.3) is 11.5 Å². The number of esters is 1. The van der Waals surface area contributed by atoms with Crippen molar-refractivity contribution in [2.45, 2.75) is 66.2 Å². The quantitative estimate of drug-likeness (QED) is 0.489.